The van der Waals surface area contributed by atoms with Gasteiger partial charge in [-0.25, -0.2) is 4.98 Å². The van der Waals surface area contributed by atoms with Crippen molar-refractivity contribution >= 4 is 39.9 Å². The summed E-state index contributed by atoms with van der Waals surface area (Å²) in [5.41, 5.74) is 3.72. The molecule has 1 N–H and O–H groups in total. The van der Waals surface area contributed by atoms with Gasteiger partial charge in [-0.1, -0.05) is 30.3 Å². The Morgan fingerprint density at radius 2 is 1.93 bits per heavy atom. The number of oxazole rings is 1. The number of aromatic nitrogens is 2. The van der Waals surface area contributed by atoms with Crippen LogP contribution in [-0.4, -0.2) is 20.7 Å². The predicted molar refractivity (Wildman–Crippen MR) is 117 cm³/mol. The Morgan fingerprint density at radius 3 is 2.70 bits per heavy atom. The number of benzene rings is 2. The van der Waals surface area contributed by atoms with Crippen LogP contribution in [0.4, 0.5) is 4.79 Å². The van der Waals surface area contributed by atoms with Crippen LogP contribution in [-0.2, 0) is 11.3 Å². The van der Waals surface area contributed by atoms with Gasteiger partial charge < -0.3 is 8.98 Å². The van der Waals surface area contributed by atoms with Crippen molar-refractivity contribution in [3.8, 4) is 11.5 Å². The molecule has 30 heavy (non-hydrogen) atoms. The molecule has 0 aliphatic carbocycles. The molecule has 3 heterocycles. The van der Waals surface area contributed by atoms with Gasteiger partial charge in [-0.15, -0.1) is 0 Å². The molecule has 0 atom stereocenters. The van der Waals surface area contributed by atoms with Gasteiger partial charge in [0.15, 0.2) is 0 Å². The molecule has 2 amide bonds. The molecule has 0 spiro atoms. The van der Waals surface area contributed by atoms with E-state index < -0.39 is 0 Å². The third kappa shape index (κ3) is 3.33. The van der Waals surface area contributed by atoms with E-state index in [2.05, 4.69) is 9.88 Å². The maximum Gasteiger partial charge on any atom is 0.290 e. The molecular weight excluding hydrogens is 398 g/mol. The van der Waals surface area contributed by atoms with E-state index in [1.807, 2.05) is 67.7 Å². The molecule has 7 heteroatoms. The number of rotatable bonds is 4. The standard InChI is InChI=1S/C23H17N3O3S/c1-14-18(24-22(29-14)15-6-3-2-4-7-15)13-26-11-10-17-16(8-5-9-19(17)26)12-20-21(27)25-23(28)30-20/h2-12H,13H2,1H3,(H,25,27,28)/b20-12-. The normalized spacial score (nSPS) is 15.3. The minimum Gasteiger partial charge on any atom is -0.441 e. The smallest absolute Gasteiger partial charge is 0.290 e. The van der Waals surface area contributed by atoms with Gasteiger partial charge in [0.1, 0.15) is 11.5 Å². The van der Waals surface area contributed by atoms with Gasteiger partial charge in [-0.2, -0.15) is 0 Å². The largest absolute Gasteiger partial charge is 0.441 e. The first-order valence-corrected chi connectivity index (χ1v) is 10.2. The van der Waals surface area contributed by atoms with Crippen LogP contribution < -0.4 is 5.32 Å². The highest BCUT2D eigenvalue weighted by Gasteiger charge is 2.25. The van der Waals surface area contributed by atoms with E-state index in [1.54, 1.807) is 6.08 Å². The van der Waals surface area contributed by atoms with Crippen molar-refractivity contribution in [2.24, 2.45) is 0 Å². The maximum absolute atomic E-state index is 11.9. The number of thioether (sulfide) groups is 1. The van der Waals surface area contributed by atoms with Gasteiger partial charge in [0.05, 0.1) is 11.4 Å². The third-order valence-electron chi connectivity index (χ3n) is 5.01. The second-order valence-electron chi connectivity index (χ2n) is 6.96. The second-order valence-corrected chi connectivity index (χ2v) is 7.98. The highest BCUT2D eigenvalue weighted by molar-refractivity contribution is 8.18. The summed E-state index contributed by atoms with van der Waals surface area (Å²) in [6.07, 6.45) is 3.75. The molecule has 2 aromatic carbocycles. The zero-order valence-corrected chi connectivity index (χ0v) is 16.9. The van der Waals surface area contributed by atoms with E-state index in [-0.39, 0.29) is 11.1 Å². The molecule has 0 bridgehead atoms. The third-order valence-corrected chi connectivity index (χ3v) is 5.82. The number of amides is 2. The molecule has 1 saturated heterocycles. The van der Waals surface area contributed by atoms with Crippen molar-refractivity contribution in [3.05, 3.63) is 82.7 Å². The molecule has 5 rings (SSSR count). The lowest BCUT2D eigenvalue weighted by Gasteiger charge is -2.05. The Balaban J connectivity index is 1.48. The lowest BCUT2D eigenvalue weighted by Crippen LogP contribution is -2.17. The summed E-state index contributed by atoms with van der Waals surface area (Å²) >= 11 is 0.921. The number of carbonyl (C=O) groups excluding carboxylic acids is 2. The molecule has 0 saturated carbocycles. The highest BCUT2D eigenvalue weighted by atomic mass is 32.2. The first-order valence-electron chi connectivity index (χ1n) is 9.43. The number of imide groups is 1. The molecular formula is C23H17N3O3S. The number of nitrogens with one attached hydrogen (secondary N) is 1. The molecule has 0 unspecified atom stereocenters. The summed E-state index contributed by atoms with van der Waals surface area (Å²) < 4.78 is 7.98. The highest BCUT2D eigenvalue weighted by Crippen LogP contribution is 2.30. The second kappa shape index (κ2) is 7.35. The zero-order chi connectivity index (χ0) is 20.7. The summed E-state index contributed by atoms with van der Waals surface area (Å²) in [4.78, 5) is 28.4. The molecule has 2 aromatic heterocycles. The minimum absolute atomic E-state index is 0.341. The van der Waals surface area contributed by atoms with Gasteiger partial charge >= 0.3 is 0 Å². The van der Waals surface area contributed by atoms with Crippen LogP contribution in [0, 0.1) is 6.92 Å². The van der Waals surface area contributed by atoms with Crippen LogP contribution in [0.5, 0.6) is 0 Å². The quantitative estimate of drug-likeness (QED) is 0.476. The van der Waals surface area contributed by atoms with Gasteiger partial charge in [-0.05, 0) is 54.6 Å². The van der Waals surface area contributed by atoms with Crippen molar-refractivity contribution in [1.82, 2.24) is 14.9 Å². The number of nitrogens with zero attached hydrogens (tertiary/aromatic N) is 2. The summed E-state index contributed by atoms with van der Waals surface area (Å²) in [6, 6.07) is 17.7. The van der Waals surface area contributed by atoms with E-state index in [9.17, 15) is 9.59 Å². The fourth-order valence-corrected chi connectivity index (χ4v) is 4.19. The molecule has 1 aliphatic rings. The summed E-state index contributed by atoms with van der Waals surface area (Å²) in [5.74, 6) is 1.04. The Morgan fingerprint density at radius 1 is 1.10 bits per heavy atom. The van der Waals surface area contributed by atoms with Crippen molar-refractivity contribution in [2.75, 3.05) is 0 Å². The number of fused-ring (bicyclic) bond motifs is 1. The van der Waals surface area contributed by atoms with Gasteiger partial charge in [-0.3, -0.25) is 14.9 Å². The van der Waals surface area contributed by atoms with E-state index in [0.29, 0.717) is 17.3 Å². The molecule has 148 valence electrons. The lowest BCUT2D eigenvalue weighted by molar-refractivity contribution is -0.115. The lowest BCUT2D eigenvalue weighted by atomic mass is 10.1. The Bertz CT molecular complexity index is 1320. The van der Waals surface area contributed by atoms with Crippen molar-refractivity contribution in [3.63, 3.8) is 0 Å². The summed E-state index contributed by atoms with van der Waals surface area (Å²) in [6.45, 7) is 2.49. The average Bonchev–Trinajstić information content (AvgIpc) is 3.41. The number of hydrogen-bond donors (Lipinski definition) is 1. The van der Waals surface area contributed by atoms with Crippen LogP contribution in [0.15, 0.2) is 70.1 Å². The molecule has 0 radical (unpaired) electrons. The van der Waals surface area contributed by atoms with Crippen molar-refractivity contribution in [2.45, 2.75) is 13.5 Å². The van der Waals surface area contributed by atoms with Crippen LogP contribution >= 0.6 is 11.8 Å². The topological polar surface area (TPSA) is 77.1 Å². The average molecular weight is 415 g/mol. The van der Waals surface area contributed by atoms with Crippen LogP contribution in [0.1, 0.15) is 17.0 Å². The monoisotopic (exact) mass is 415 g/mol. The van der Waals surface area contributed by atoms with Gasteiger partial charge in [0, 0.05) is 22.7 Å². The molecule has 1 aliphatic heterocycles. The SMILES string of the molecule is Cc1oc(-c2ccccc2)nc1Cn1ccc2c(/C=C3\SC(=O)NC3=O)cccc21. The Hall–Kier alpha value is -3.58. The number of hydrogen-bond acceptors (Lipinski definition) is 5. The first-order chi connectivity index (χ1) is 14.6. The predicted octanol–water partition coefficient (Wildman–Crippen LogP) is 4.98. The maximum atomic E-state index is 11.9. The Kier molecular flexibility index (Phi) is 4.52. The molecule has 1 fully saturated rings. The van der Waals surface area contributed by atoms with Crippen molar-refractivity contribution < 1.29 is 14.0 Å². The van der Waals surface area contributed by atoms with Crippen molar-refractivity contribution in [1.29, 1.82) is 0 Å². The molecule has 6 nitrogen and oxygen atoms in total. The fourth-order valence-electron chi connectivity index (χ4n) is 3.51. The van der Waals surface area contributed by atoms with E-state index in [0.717, 1.165) is 45.2 Å². The number of carbonyl (C=O) groups is 2. The Labute approximate surface area is 176 Å². The minimum atomic E-state index is -0.354. The van der Waals surface area contributed by atoms with Gasteiger partial charge in [0.2, 0.25) is 5.89 Å². The summed E-state index contributed by atoms with van der Waals surface area (Å²) in [5, 5.41) is 2.95. The number of aryl methyl sites for hydroxylation is 1. The zero-order valence-electron chi connectivity index (χ0n) is 16.1. The van der Waals surface area contributed by atoms with E-state index in [4.69, 9.17) is 9.40 Å². The first kappa shape index (κ1) is 18.4. The van der Waals surface area contributed by atoms with Gasteiger partial charge in [0.25, 0.3) is 11.1 Å². The van der Waals surface area contributed by atoms with Crippen LogP contribution in [0.2, 0.25) is 0 Å². The fraction of sp³-hybridized carbons (Fsp3) is 0.0870. The van der Waals surface area contributed by atoms with E-state index in [1.165, 1.54) is 0 Å². The molecule has 4 aromatic rings. The van der Waals surface area contributed by atoms with E-state index >= 15 is 0 Å². The van der Waals surface area contributed by atoms with Crippen LogP contribution in [0.3, 0.4) is 0 Å². The van der Waals surface area contributed by atoms with Crippen LogP contribution in [0.25, 0.3) is 28.4 Å². The summed E-state index contributed by atoms with van der Waals surface area (Å²) in [7, 11) is 0.